The molecule has 1 aliphatic rings. The van der Waals surface area contributed by atoms with Gasteiger partial charge in [-0.3, -0.25) is 4.79 Å². The van der Waals surface area contributed by atoms with Crippen molar-refractivity contribution < 1.29 is 28.9 Å². The van der Waals surface area contributed by atoms with Crippen LogP contribution >= 0.6 is 11.6 Å². The fourth-order valence-electron chi connectivity index (χ4n) is 3.54. The van der Waals surface area contributed by atoms with Crippen molar-refractivity contribution in [3.63, 3.8) is 0 Å². The molecule has 1 heterocycles. The van der Waals surface area contributed by atoms with Gasteiger partial charge in [-0.05, 0) is 67.6 Å². The number of carboxylic acid groups (broad SMARTS) is 1. The molecule has 5 nitrogen and oxygen atoms in total. The monoisotopic (exact) mass is 406 g/mol. The standard InChI is InChI=1S/C21H20ClFO5/c1-21(27,13-6-8-28-9-7-13)14-10-16(20(25)26)18(17(23)11-14)19(24)12-2-4-15(22)5-3-12/h2-5,10-11,13,27H,6-9H2,1H3,(H,25,26). The maximum absolute atomic E-state index is 14.9. The van der Waals surface area contributed by atoms with Gasteiger partial charge in [0.05, 0.1) is 16.7 Å². The smallest absolute Gasteiger partial charge is 0.336 e. The lowest BCUT2D eigenvalue weighted by molar-refractivity contribution is -0.0581. The number of ether oxygens (including phenoxy) is 1. The number of halogens is 2. The number of aromatic carboxylic acids is 1. The van der Waals surface area contributed by atoms with Crippen molar-refractivity contribution in [1.82, 2.24) is 0 Å². The minimum absolute atomic E-state index is 0.120. The van der Waals surface area contributed by atoms with Crippen molar-refractivity contribution in [2.24, 2.45) is 5.92 Å². The molecule has 2 aromatic carbocycles. The summed E-state index contributed by atoms with van der Waals surface area (Å²) in [5.41, 5.74) is -2.23. The Kier molecular flexibility index (Phi) is 5.84. The third-order valence-electron chi connectivity index (χ3n) is 5.25. The van der Waals surface area contributed by atoms with Crippen molar-refractivity contribution in [3.8, 4) is 0 Å². The van der Waals surface area contributed by atoms with Crippen LogP contribution in [0.25, 0.3) is 0 Å². The molecule has 0 bridgehead atoms. The third kappa shape index (κ3) is 3.94. The van der Waals surface area contributed by atoms with Gasteiger partial charge in [-0.25, -0.2) is 9.18 Å². The van der Waals surface area contributed by atoms with Crippen LogP contribution < -0.4 is 0 Å². The van der Waals surface area contributed by atoms with Gasteiger partial charge in [0.1, 0.15) is 5.82 Å². The van der Waals surface area contributed by atoms with E-state index < -0.39 is 34.3 Å². The Hall–Kier alpha value is -2.28. The van der Waals surface area contributed by atoms with Gasteiger partial charge in [0.2, 0.25) is 0 Å². The minimum Gasteiger partial charge on any atom is -0.478 e. The maximum Gasteiger partial charge on any atom is 0.336 e. The highest BCUT2D eigenvalue weighted by Crippen LogP contribution is 2.37. The van der Waals surface area contributed by atoms with Crippen LogP contribution in [-0.2, 0) is 10.3 Å². The summed E-state index contributed by atoms with van der Waals surface area (Å²) in [6.45, 7) is 2.48. The van der Waals surface area contributed by atoms with Gasteiger partial charge in [-0.2, -0.15) is 0 Å². The molecular formula is C21H20ClFO5. The van der Waals surface area contributed by atoms with Crippen LogP contribution in [0, 0.1) is 11.7 Å². The predicted molar refractivity (Wildman–Crippen MR) is 101 cm³/mol. The lowest BCUT2D eigenvalue weighted by Crippen LogP contribution is -2.36. The number of rotatable bonds is 5. The van der Waals surface area contributed by atoms with E-state index in [2.05, 4.69) is 0 Å². The normalized spacial score (nSPS) is 17.1. The molecule has 2 N–H and O–H groups in total. The average Bonchev–Trinajstić information content (AvgIpc) is 2.68. The van der Waals surface area contributed by atoms with Gasteiger partial charge < -0.3 is 14.9 Å². The second-order valence-electron chi connectivity index (χ2n) is 7.06. The van der Waals surface area contributed by atoms with E-state index in [-0.39, 0.29) is 17.0 Å². The first-order valence-corrected chi connectivity index (χ1v) is 9.27. The number of ketones is 1. The lowest BCUT2D eigenvalue weighted by Gasteiger charge is -2.36. The lowest BCUT2D eigenvalue weighted by atomic mass is 9.77. The number of carboxylic acids is 1. The number of benzene rings is 2. The predicted octanol–water partition coefficient (Wildman–Crippen LogP) is 4.04. The number of aliphatic hydroxyl groups is 1. The summed E-state index contributed by atoms with van der Waals surface area (Å²) in [7, 11) is 0. The highest BCUT2D eigenvalue weighted by molar-refractivity contribution is 6.30. The zero-order chi connectivity index (χ0) is 20.5. The Labute approximate surface area is 166 Å². The van der Waals surface area contributed by atoms with Gasteiger partial charge in [0.25, 0.3) is 0 Å². The molecule has 1 saturated heterocycles. The Morgan fingerprint density at radius 2 is 1.79 bits per heavy atom. The van der Waals surface area contributed by atoms with Gasteiger partial charge in [0, 0.05) is 23.8 Å². The summed E-state index contributed by atoms with van der Waals surface area (Å²) >= 11 is 5.80. The van der Waals surface area contributed by atoms with Crippen molar-refractivity contribution in [3.05, 3.63) is 69.5 Å². The second-order valence-corrected chi connectivity index (χ2v) is 7.49. The van der Waals surface area contributed by atoms with Crippen LogP contribution in [0.5, 0.6) is 0 Å². The molecule has 1 unspecified atom stereocenters. The first-order valence-electron chi connectivity index (χ1n) is 8.89. The van der Waals surface area contributed by atoms with E-state index in [0.717, 1.165) is 6.07 Å². The Balaban J connectivity index is 2.06. The van der Waals surface area contributed by atoms with E-state index in [1.807, 2.05) is 0 Å². The Morgan fingerprint density at radius 1 is 1.18 bits per heavy atom. The molecule has 2 aromatic rings. The molecule has 1 fully saturated rings. The number of carbonyl (C=O) groups is 2. The van der Waals surface area contributed by atoms with E-state index in [4.69, 9.17) is 16.3 Å². The van der Waals surface area contributed by atoms with Crippen LogP contribution in [0.15, 0.2) is 36.4 Å². The quantitative estimate of drug-likeness (QED) is 0.732. The molecule has 1 aliphatic heterocycles. The van der Waals surface area contributed by atoms with E-state index in [0.29, 0.717) is 31.1 Å². The van der Waals surface area contributed by atoms with Crippen molar-refractivity contribution in [1.29, 1.82) is 0 Å². The number of hydrogen-bond donors (Lipinski definition) is 2. The Bertz CT molecular complexity index is 902. The van der Waals surface area contributed by atoms with Gasteiger partial charge in [-0.1, -0.05) is 11.6 Å². The van der Waals surface area contributed by atoms with E-state index in [9.17, 15) is 24.2 Å². The maximum atomic E-state index is 14.9. The fraction of sp³-hybridized carbons (Fsp3) is 0.333. The summed E-state index contributed by atoms with van der Waals surface area (Å²) in [5.74, 6) is -3.40. The molecule has 0 amide bonds. The molecular weight excluding hydrogens is 387 g/mol. The molecule has 7 heteroatoms. The SMILES string of the molecule is CC(O)(c1cc(F)c(C(=O)c2ccc(Cl)cc2)c(C(=O)O)c1)C1CCOCC1. The first-order chi connectivity index (χ1) is 13.2. The summed E-state index contributed by atoms with van der Waals surface area (Å²) in [6.07, 6.45) is 1.14. The molecule has 0 aliphatic carbocycles. The number of hydrogen-bond acceptors (Lipinski definition) is 4. The topological polar surface area (TPSA) is 83.8 Å². The highest BCUT2D eigenvalue weighted by atomic mass is 35.5. The molecule has 0 aromatic heterocycles. The molecule has 0 saturated carbocycles. The summed E-state index contributed by atoms with van der Waals surface area (Å²) in [5, 5.41) is 21.0. The van der Waals surface area contributed by atoms with Gasteiger partial charge in [-0.15, -0.1) is 0 Å². The summed E-state index contributed by atoms with van der Waals surface area (Å²) in [6, 6.07) is 7.98. The summed E-state index contributed by atoms with van der Waals surface area (Å²) in [4.78, 5) is 24.5. The molecule has 1 atom stereocenters. The van der Waals surface area contributed by atoms with Crippen LogP contribution in [0.1, 0.15) is 51.6 Å². The largest absolute Gasteiger partial charge is 0.478 e. The van der Waals surface area contributed by atoms with E-state index >= 15 is 0 Å². The third-order valence-corrected chi connectivity index (χ3v) is 5.51. The van der Waals surface area contributed by atoms with Crippen molar-refractivity contribution in [2.45, 2.75) is 25.4 Å². The highest BCUT2D eigenvalue weighted by Gasteiger charge is 2.37. The summed E-state index contributed by atoms with van der Waals surface area (Å²) < 4.78 is 20.2. The zero-order valence-electron chi connectivity index (χ0n) is 15.2. The number of carbonyl (C=O) groups excluding carboxylic acids is 1. The average molecular weight is 407 g/mol. The molecule has 148 valence electrons. The molecule has 3 rings (SSSR count). The Morgan fingerprint density at radius 3 is 2.36 bits per heavy atom. The second kappa shape index (κ2) is 7.99. The zero-order valence-corrected chi connectivity index (χ0v) is 16.0. The fourth-order valence-corrected chi connectivity index (χ4v) is 3.67. The van der Waals surface area contributed by atoms with Crippen molar-refractivity contribution >= 4 is 23.4 Å². The van der Waals surface area contributed by atoms with E-state index in [1.165, 1.54) is 37.3 Å². The minimum atomic E-state index is -1.45. The van der Waals surface area contributed by atoms with Crippen LogP contribution in [0.3, 0.4) is 0 Å². The first kappa shape index (κ1) is 20.5. The van der Waals surface area contributed by atoms with Crippen LogP contribution in [0.2, 0.25) is 5.02 Å². The molecule has 0 radical (unpaired) electrons. The van der Waals surface area contributed by atoms with E-state index in [1.54, 1.807) is 0 Å². The van der Waals surface area contributed by atoms with Gasteiger partial charge >= 0.3 is 5.97 Å². The van der Waals surface area contributed by atoms with Crippen molar-refractivity contribution in [2.75, 3.05) is 13.2 Å². The molecule has 0 spiro atoms. The molecule has 28 heavy (non-hydrogen) atoms. The van der Waals surface area contributed by atoms with Gasteiger partial charge in [0.15, 0.2) is 5.78 Å². The van der Waals surface area contributed by atoms with Crippen LogP contribution in [-0.4, -0.2) is 35.2 Å². The van der Waals surface area contributed by atoms with Crippen LogP contribution in [0.4, 0.5) is 4.39 Å².